The fourth-order valence-corrected chi connectivity index (χ4v) is 2.97. The number of aromatic nitrogens is 2. The fourth-order valence-electron chi connectivity index (χ4n) is 2.97. The summed E-state index contributed by atoms with van der Waals surface area (Å²) < 4.78 is 5.84. The first-order valence-corrected chi connectivity index (χ1v) is 8.27. The Morgan fingerprint density at radius 1 is 1.25 bits per heavy atom. The highest BCUT2D eigenvalue weighted by atomic mass is 16.3. The van der Waals surface area contributed by atoms with Crippen LogP contribution in [0.15, 0.2) is 28.7 Å². The lowest BCUT2D eigenvalue weighted by molar-refractivity contribution is 0.0957. The summed E-state index contributed by atoms with van der Waals surface area (Å²) >= 11 is 0. The number of nitrogens with one attached hydrogen (secondary N) is 2. The van der Waals surface area contributed by atoms with Crippen molar-refractivity contribution in [1.82, 2.24) is 20.4 Å². The fraction of sp³-hybridized carbons (Fsp3) is 0.471. The first kappa shape index (κ1) is 16.4. The molecule has 2 N–H and O–H groups in total. The lowest BCUT2D eigenvalue weighted by Crippen LogP contribution is -2.31. The zero-order valence-corrected chi connectivity index (χ0v) is 14.1. The molecular formula is C17H23N5O2. The molecule has 1 aliphatic heterocycles. The summed E-state index contributed by atoms with van der Waals surface area (Å²) in [6.45, 7) is 4.79. The molecule has 1 fully saturated rings. The van der Waals surface area contributed by atoms with Crippen molar-refractivity contribution in [2.24, 2.45) is 0 Å². The van der Waals surface area contributed by atoms with E-state index in [2.05, 4.69) is 25.7 Å². The molecule has 0 aliphatic carbocycles. The second kappa shape index (κ2) is 7.44. The molecule has 0 saturated carbocycles. The molecule has 3 rings (SSSR count). The summed E-state index contributed by atoms with van der Waals surface area (Å²) in [5, 5.41) is 13.9. The Morgan fingerprint density at radius 2 is 2.04 bits per heavy atom. The molecule has 7 nitrogen and oxygen atoms in total. The minimum atomic E-state index is -0.241. The quantitative estimate of drug-likeness (QED) is 0.843. The van der Waals surface area contributed by atoms with Gasteiger partial charge in [-0.3, -0.25) is 9.69 Å². The number of aryl methyl sites for hydroxylation is 1. The lowest BCUT2D eigenvalue weighted by atomic mass is 10.2. The van der Waals surface area contributed by atoms with Crippen molar-refractivity contribution in [2.75, 3.05) is 32.0 Å². The lowest BCUT2D eigenvalue weighted by Gasteiger charge is -2.26. The number of nitrogens with zero attached hydrogens (tertiary/aromatic N) is 3. The van der Waals surface area contributed by atoms with Gasteiger partial charge in [-0.05, 0) is 57.1 Å². The van der Waals surface area contributed by atoms with Crippen molar-refractivity contribution in [1.29, 1.82) is 0 Å². The van der Waals surface area contributed by atoms with Gasteiger partial charge in [-0.25, -0.2) is 0 Å². The molecule has 7 heteroatoms. The van der Waals surface area contributed by atoms with Gasteiger partial charge in [0, 0.05) is 13.6 Å². The first-order valence-electron chi connectivity index (χ1n) is 8.27. The third kappa shape index (κ3) is 3.73. The Bertz CT molecular complexity index is 677. The van der Waals surface area contributed by atoms with Crippen LogP contribution in [0, 0.1) is 6.92 Å². The van der Waals surface area contributed by atoms with Crippen LogP contribution >= 0.6 is 0 Å². The average Bonchev–Trinajstić information content (AvgIpc) is 3.27. The number of furan rings is 1. The molecule has 1 unspecified atom stereocenters. The molecule has 1 amide bonds. The third-order valence-corrected chi connectivity index (χ3v) is 4.27. The van der Waals surface area contributed by atoms with Crippen molar-refractivity contribution in [3.63, 3.8) is 0 Å². The van der Waals surface area contributed by atoms with Crippen molar-refractivity contribution in [3.8, 4) is 0 Å². The van der Waals surface area contributed by atoms with Crippen LogP contribution in [0.25, 0.3) is 0 Å². The number of carbonyl (C=O) groups is 1. The van der Waals surface area contributed by atoms with E-state index in [1.54, 1.807) is 19.2 Å². The molecule has 3 heterocycles. The van der Waals surface area contributed by atoms with E-state index in [4.69, 9.17) is 4.42 Å². The van der Waals surface area contributed by atoms with Crippen molar-refractivity contribution in [3.05, 3.63) is 41.5 Å². The monoisotopic (exact) mass is 329 g/mol. The summed E-state index contributed by atoms with van der Waals surface area (Å²) in [5.74, 6) is 2.30. The van der Waals surface area contributed by atoms with Gasteiger partial charge in [-0.1, -0.05) is 0 Å². The Morgan fingerprint density at radius 3 is 2.62 bits per heavy atom. The van der Waals surface area contributed by atoms with E-state index in [1.165, 1.54) is 12.8 Å². The number of rotatable bonds is 6. The Hall–Kier alpha value is -2.41. The highest BCUT2D eigenvalue weighted by Gasteiger charge is 2.25. The minimum absolute atomic E-state index is 0.168. The Labute approximate surface area is 141 Å². The molecule has 24 heavy (non-hydrogen) atoms. The SMILES string of the molecule is CNC(=O)c1ccc(NCC(c2ccc(C)o2)N2CCCC2)nn1. The van der Waals surface area contributed by atoms with Crippen molar-refractivity contribution >= 4 is 11.7 Å². The van der Waals surface area contributed by atoms with Gasteiger partial charge >= 0.3 is 0 Å². The number of likely N-dealkylation sites (tertiary alicyclic amines) is 1. The molecule has 0 aromatic carbocycles. The van der Waals surface area contributed by atoms with Gasteiger partial charge in [-0.15, -0.1) is 10.2 Å². The number of carbonyl (C=O) groups excluding carboxylic acids is 1. The predicted molar refractivity (Wildman–Crippen MR) is 90.9 cm³/mol. The largest absolute Gasteiger partial charge is 0.465 e. The van der Waals surface area contributed by atoms with Crippen LogP contribution in [-0.2, 0) is 0 Å². The smallest absolute Gasteiger partial charge is 0.271 e. The maximum atomic E-state index is 11.5. The molecule has 128 valence electrons. The van der Waals surface area contributed by atoms with Gasteiger partial charge in [-0.2, -0.15) is 0 Å². The molecule has 1 atom stereocenters. The predicted octanol–water partition coefficient (Wildman–Crippen LogP) is 1.99. The van der Waals surface area contributed by atoms with Crippen LogP contribution in [0.1, 0.15) is 40.9 Å². The van der Waals surface area contributed by atoms with Gasteiger partial charge in [0.15, 0.2) is 5.69 Å². The van der Waals surface area contributed by atoms with Gasteiger partial charge < -0.3 is 15.1 Å². The average molecular weight is 329 g/mol. The van der Waals surface area contributed by atoms with Gasteiger partial charge in [0.25, 0.3) is 5.91 Å². The van der Waals surface area contributed by atoms with Crippen molar-refractivity contribution in [2.45, 2.75) is 25.8 Å². The molecule has 1 saturated heterocycles. The maximum absolute atomic E-state index is 11.5. The number of amides is 1. The van der Waals surface area contributed by atoms with Crippen LogP contribution in [0.4, 0.5) is 5.82 Å². The highest BCUT2D eigenvalue weighted by Crippen LogP contribution is 2.26. The van der Waals surface area contributed by atoms with E-state index in [-0.39, 0.29) is 11.9 Å². The van der Waals surface area contributed by atoms with E-state index in [0.717, 1.165) is 24.6 Å². The summed E-state index contributed by atoms with van der Waals surface area (Å²) in [5.41, 5.74) is 0.306. The standard InChI is InChI=1S/C17H23N5O2/c1-12-5-7-15(24-12)14(22-9-3-4-10-22)11-19-16-8-6-13(20-21-16)17(23)18-2/h5-8,14H,3-4,9-11H2,1-2H3,(H,18,23)(H,19,21). The zero-order valence-electron chi connectivity index (χ0n) is 14.1. The number of hydrogen-bond acceptors (Lipinski definition) is 6. The third-order valence-electron chi connectivity index (χ3n) is 4.27. The molecule has 0 radical (unpaired) electrons. The van der Waals surface area contributed by atoms with Gasteiger partial charge in [0.1, 0.15) is 17.3 Å². The molecule has 1 aliphatic rings. The van der Waals surface area contributed by atoms with E-state index in [0.29, 0.717) is 18.1 Å². The van der Waals surface area contributed by atoms with E-state index < -0.39 is 0 Å². The van der Waals surface area contributed by atoms with Gasteiger partial charge in [0.05, 0.1) is 6.04 Å². The number of hydrogen-bond donors (Lipinski definition) is 2. The minimum Gasteiger partial charge on any atom is -0.465 e. The van der Waals surface area contributed by atoms with E-state index in [9.17, 15) is 4.79 Å². The van der Waals surface area contributed by atoms with E-state index >= 15 is 0 Å². The zero-order chi connectivity index (χ0) is 16.9. The highest BCUT2D eigenvalue weighted by molar-refractivity contribution is 5.91. The Kier molecular flexibility index (Phi) is 5.10. The summed E-state index contributed by atoms with van der Waals surface area (Å²) in [6, 6.07) is 7.64. The molecule has 0 spiro atoms. The van der Waals surface area contributed by atoms with E-state index in [1.807, 2.05) is 19.1 Å². The van der Waals surface area contributed by atoms with Crippen molar-refractivity contribution < 1.29 is 9.21 Å². The summed E-state index contributed by atoms with van der Waals surface area (Å²) in [4.78, 5) is 13.9. The normalized spacial score (nSPS) is 16.1. The molecule has 0 bridgehead atoms. The topological polar surface area (TPSA) is 83.3 Å². The molecular weight excluding hydrogens is 306 g/mol. The van der Waals surface area contributed by atoms with Gasteiger partial charge in [0.2, 0.25) is 0 Å². The molecule has 2 aromatic heterocycles. The summed E-state index contributed by atoms with van der Waals surface area (Å²) in [6.07, 6.45) is 2.44. The van der Waals surface area contributed by atoms with Crippen LogP contribution in [0.2, 0.25) is 0 Å². The summed E-state index contributed by atoms with van der Waals surface area (Å²) in [7, 11) is 1.57. The first-order chi connectivity index (χ1) is 11.7. The van der Waals surface area contributed by atoms with Crippen LogP contribution in [-0.4, -0.2) is 47.7 Å². The van der Waals surface area contributed by atoms with Crippen LogP contribution < -0.4 is 10.6 Å². The number of anilines is 1. The second-order valence-electron chi connectivity index (χ2n) is 5.97. The maximum Gasteiger partial charge on any atom is 0.271 e. The Balaban J connectivity index is 1.68. The molecule has 2 aromatic rings. The van der Waals surface area contributed by atoms with Crippen LogP contribution in [0.3, 0.4) is 0 Å². The second-order valence-corrected chi connectivity index (χ2v) is 5.97. The van der Waals surface area contributed by atoms with Crippen LogP contribution in [0.5, 0.6) is 0 Å².